The van der Waals surface area contributed by atoms with Gasteiger partial charge in [-0.25, -0.2) is 0 Å². The highest BCUT2D eigenvalue weighted by Crippen LogP contribution is 2.20. The summed E-state index contributed by atoms with van der Waals surface area (Å²) < 4.78 is 5.01. The Kier molecular flexibility index (Phi) is 6.44. The van der Waals surface area contributed by atoms with E-state index in [1.165, 1.54) is 25.1 Å². The van der Waals surface area contributed by atoms with Crippen molar-refractivity contribution in [1.29, 1.82) is 0 Å². The first-order valence-corrected chi connectivity index (χ1v) is 9.18. The van der Waals surface area contributed by atoms with E-state index in [9.17, 15) is 19.5 Å². The number of esters is 1. The maximum atomic E-state index is 12.6. The van der Waals surface area contributed by atoms with Gasteiger partial charge in [-0.05, 0) is 42.0 Å². The minimum absolute atomic E-state index is 0.107. The molecule has 0 radical (unpaired) electrons. The predicted molar refractivity (Wildman–Crippen MR) is 111 cm³/mol. The van der Waals surface area contributed by atoms with Gasteiger partial charge in [-0.3, -0.25) is 14.4 Å². The SMILES string of the molecule is CC(=O)Oc1cccc(C(=O)Nc2ccccc2CNC(=O)c2ccccc2O)c1. The highest BCUT2D eigenvalue weighted by Gasteiger charge is 2.13. The van der Waals surface area contributed by atoms with Crippen molar-refractivity contribution in [3.8, 4) is 11.5 Å². The van der Waals surface area contributed by atoms with Crippen LogP contribution in [0.1, 0.15) is 33.2 Å². The van der Waals surface area contributed by atoms with Crippen LogP contribution in [0.25, 0.3) is 0 Å². The Labute approximate surface area is 173 Å². The van der Waals surface area contributed by atoms with Crippen molar-refractivity contribution < 1.29 is 24.2 Å². The van der Waals surface area contributed by atoms with E-state index >= 15 is 0 Å². The molecule has 3 rings (SSSR count). The quantitative estimate of drug-likeness (QED) is 0.431. The first kappa shape index (κ1) is 20.6. The molecular weight excluding hydrogens is 384 g/mol. The molecule has 0 aliphatic carbocycles. The molecule has 0 unspecified atom stereocenters. The van der Waals surface area contributed by atoms with Crippen molar-refractivity contribution in [2.45, 2.75) is 13.5 Å². The number of ether oxygens (including phenoxy) is 1. The van der Waals surface area contributed by atoms with Crippen LogP contribution in [-0.2, 0) is 11.3 Å². The van der Waals surface area contributed by atoms with Gasteiger partial charge in [0.1, 0.15) is 11.5 Å². The number of carbonyl (C=O) groups is 3. The summed E-state index contributed by atoms with van der Waals surface area (Å²) in [5, 5.41) is 15.3. The Hall–Kier alpha value is -4.13. The number of nitrogens with one attached hydrogen (secondary N) is 2. The molecule has 2 amide bonds. The minimum Gasteiger partial charge on any atom is -0.507 e. The molecule has 3 aromatic carbocycles. The lowest BCUT2D eigenvalue weighted by molar-refractivity contribution is -0.131. The van der Waals surface area contributed by atoms with Crippen LogP contribution in [0, 0.1) is 0 Å². The molecule has 30 heavy (non-hydrogen) atoms. The van der Waals surface area contributed by atoms with Gasteiger partial charge in [0, 0.05) is 24.7 Å². The number of benzene rings is 3. The largest absolute Gasteiger partial charge is 0.507 e. The van der Waals surface area contributed by atoms with E-state index in [0.29, 0.717) is 16.8 Å². The number of hydrogen-bond donors (Lipinski definition) is 3. The van der Waals surface area contributed by atoms with Crippen LogP contribution < -0.4 is 15.4 Å². The second kappa shape index (κ2) is 9.38. The van der Waals surface area contributed by atoms with Crippen LogP contribution in [0.2, 0.25) is 0 Å². The molecule has 0 aliphatic heterocycles. The van der Waals surface area contributed by atoms with E-state index in [0.717, 1.165) is 0 Å². The molecule has 0 saturated carbocycles. The minimum atomic E-state index is -0.474. The number of phenolic OH excluding ortho intramolecular Hbond substituents is 1. The average Bonchev–Trinajstić information content (AvgIpc) is 2.73. The zero-order valence-electron chi connectivity index (χ0n) is 16.2. The number of carbonyl (C=O) groups excluding carboxylic acids is 3. The summed E-state index contributed by atoms with van der Waals surface area (Å²) in [7, 11) is 0. The molecule has 3 N–H and O–H groups in total. The van der Waals surface area contributed by atoms with E-state index in [1.807, 2.05) is 0 Å². The summed E-state index contributed by atoms with van der Waals surface area (Å²) in [6.45, 7) is 1.43. The third kappa shape index (κ3) is 5.23. The Morgan fingerprint density at radius 1 is 0.900 bits per heavy atom. The van der Waals surface area contributed by atoms with E-state index in [4.69, 9.17) is 4.74 Å². The van der Waals surface area contributed by atoms with Gasteiger partial charge in [0.05, 0.1) is 5.56 Å². The average molecular weight is 404 g/mol. The Morgan fingerprint density at radius 3 is 2.40 bits per heavy atom. The van der Waals surface area contributed by atoms with Crippen molar-refractivity contribution in [2.24, 2.45) is 0 Å². The van der Waals surface area contributed by atoms with E-state index in [2.05, 4.69) is 10.6 Å². The van der Waals surface area contributed by atoms with E-state index in [1.54, 1.807) is 54.6 Å². The fourth-order valence-electron chi connectivity index (χ4n) is 2.79. The number of phenols is 1. The predicted octanol–water partition coefficient (Wildman–Crippen LogP) is 3.50. The molecule has 3 aromatic rings. The number of hydrogen-bond acceptors (Lipinski definition) is 5. The van der Waals surface area contributed by atoms with Gasteiger partial charge in [0.25, 0.3) is 11.8 Å². The molecule has 0 bridgehead atoms. The second-order valence-electron chi connectivity index (χ2n) is 6.43. The van der Waals surface area contributed by atoms with Gasteiger partial charge >= 0.3 is 5.97 Å². The molecule has 152 valence electrons. The fourth-order valence-corrected chi connectivity index (χ4v) is 2.79. The second-order valence-corrected chi connectivity index (χ2v) is 6.43. The summed E-state index contributed by atoms with van der Waals surface area (Å²) in [5.74, 6) is -1.12. The highest BCUT2D eigenvalue weighted by molar-refractivity contribution is 6.05. The van der Waals surface area contributed by atoms with Crippen LogP contribution in [0.4, 0.5) is 5.69 Å². The van der Waals surface area contributed by atoms with Gasteiger partial charge in [-0.1, -0.05) is 36.4 Å². The molecule has 0 heterocycles. The fraction of sp³-hybridized carbons (Fsp3) is 0.0870. The maximum Gasteiger partial charge on any atom is 0.308 e. The molecule has 0 aliphatic rings. The van der Waals surface area contributed by atoms with Gasteiger partial charge in [-0.2, -0.15) is 0 Å². The van der Waals surface area contributed by atoms with Gasteiger partial charge in [0.15, 0.2) is 0 Å². The summed E-state index contributed by atoms with van der Waals surface area (Å²) >= 11 is 0. The number of para-hydroxylation sites is 2. The molecule has 0 aromatic heterocycles. The van der Waals surface area contributed by atoms with Crippen LogP contribution >= 0.6 is 0 Å². The van der Waals surface area contributed by atoms with Crippen molar-refractivity contribution >= 4 is 23.5 Å². The van der Waals surface area contributed by atoms with E-state index in [-0.39, 0.29) is 29.5 Å². The van der Waals surface area contributed by atoms with Crippen LogP contribution in [0.5, 0.6) is 11.5 Å². The molecule has 7 heteroatoms. The Bertz CT molecular complexity index is 1090. The summed E-state index contributed by atoms with van der Waals surface area (Å²) in [5.41, 5.74) is 1.70. The first-order valence-electron chi connectivity index (χ1n) is 9.18. The van der Waals surface area contributed by atoms with Crippen molar-refractivity contribution in [3.63, 3.8) is 0 Å². The number of anilines is 1. The molecule has 0 fully saturated rings. The third-order valence-corrected chi connectivity index (χ3v) is 4.21. The standard InChI is InChI=1S/C23H20N2O5/c1-15(26)30-18-9-6-8-16(13-18)22(28)25-20-11-4-2-7-17(20)14-24-23(29)19-10-3-5-12-21(19)27/h2-13,27H,14H2,1H3,(H,24,29)(H,25,28). The van der Waals surface area contributed by atoms with Gasteiger partial charge in [0.2, 0.25) is 0 Å². The Balaban J connectivity index is 1.71. The van der Waals surface area contributed by atoms with Crippen LogP contribution in [0.3, 0.4) is 0 Å². The van der Waals surface area contributed by atoms with Crippen molar-refractivity contribution in [1.82, 2.24) is 5.32 Å². The van der Waals surface area contributed by atoms with Crippen LogP contribution in [0.15, 0.2) is 72.8 Å². The van der Waals surface area contributed by atoms with Crippen LogP contribution in [-0.4, -0.2) is 22.9 Å². The number of aromatic hydroxyl groups is 1. The molecular formula is C23H20N2O5. The molecule has 0 atom stereocenters. The Morgan fingerprint density at radius 2 is 1.63 bits per heavy atom. The third-order valence-electron chi connectivity index (χ3n) is 4.21. The lowest BCUT2D eigenvalue weighted by Gasteiger charge is -2.13. The smallest absolute Gasteiger partial charge is 0.308 e. The summed E-state index contributed by atoms with van der Waals surface area (Å²) in [6.07, 6.45) is 0. The van der Waals surface area contributed by atoms with E-state index < -0.39 is 11.9 Å². The monoisotopic (exact) mass is 404 g/mol. The first-order chi connectivity index (χ1) is 14.4. The highest BCUT2D eigenvalue weighted by atomic mass is 16.5. The van der Waals surface area contributed by atoms with Crippen molar-refractivity contribution in [3.05, 3.63) is 89.5 Å². The molecule has 0 saturated heterocycles. The molecule has 0 spiro atoms. The number of rotatable bonds is 6. The summed E-state index contributed by atoms with van der Waals surface area (Å²) in [4.78, 5) is 36.1. The summed E-state index contributed by atoms with van der Waals surface area (Å²) in [6, 6.07) is 19.6. The van der Waals surface area contributed by atoms with Crippen molar-refractivity contribution in [2.75, 3.05) is 5.32 Å². The molecule has 7 nitrogen and oxygen atoms in total. The van der Waals surface area contributed by atoms with Gasteiger partial charge in [-0.15, -0.1) is 0 Å². The lowest BCUT2D eigenvalue weighted by Crippen LogP contribution is -2.24. The normalized spacial score (nSPS) is 10.2. The maximum absolute atomic E-state index is 12.6. The zero-order chi connectivity index (χ0) is 21.5. The number of amides is 2. The lowest BCUT2D eigenvalue weighted by atomic mass is 10.1. The van der Waals surface area contributed by atoms with Gasteiger partial charge < -0.3 is 20.5 Å². The zero-order valence-corrected chi connectivity index (χ0v) is 16.2. The topological polar surface area (TPSA) is 105 Å².